The van der Waals surface area contributed by atoms with E-state index < -0.39 is 0 Å². The van der Waals surface area contributed by atoms with Crippen molar-refractivity contribution in [3.05, 3.63) is 42.2 Å². The van der Waals surface area contributed by atoms with E-state index in [0.717, 1.165) is 12.2 Å². The Kier molecular flexibility index (Phi) is 3.91. The van der Waals surface area contributed by atoms with Gasteiger partial charge in [0.2, 0.25) is 5.91 Å². The summed E-state index contributed by atoms with van der Waals surface area (Å²) in [6.07, 6.45) is 0.543. The van der Waals surface area contributed by atoms with Crippen LogP contribution in [0.1, 0.15) is 12.2 Å². The van der Waals surface area contributed by atoms with Crippen molar-refractivity contribution >= 4 is 23.2 Å². The van der Waals surface area contributed by atoms with Crippen LogP contribution in [0.3, 0.4) is 0 Å². The van der Waals surface area contributed by atoms with Gasteiger partial charge in [-0.1, -0.05) is 18.2 Å². The van der Waals surface area contributed by atoms with Gasteiger partial charge in [0.1, 0.15) is 17.5 Å². The van der Waals surface area contributed by atoms with Gasteiger partial charge in [0.15, 0.2) is 0 Å². The molecule has 1 aliphatic rings. The van der Waals surface area contributed by atoms with Gasteiger partial charge in [-0.25, -0.2) is 9.97 Å². The molecule has 0 aliphatic carbocycles. The maximum absolute atomic E-state index is 12.2. The van der Waals surface area contributed by atoms with Crippen molar-refractivity contribution in [2.24, 2.45) is 5.92 Å². The molecule has 3 N–H and O–H groups in total. The molecule has 2 heterocycles. The van der Waals surface area contributed by atoms with Crippen molar-refractivity contribution in [2.75, 3.05) is 29.0 Å². The number of aryl methyl sites for hydroxylation is 1. The average molecular weight is 297 g/mol. The van der Waals surface area contributed by atoms with Crippen LogP contribution in [-0.4, -0.2) is 29.0 Å². The highest BCUT2D eigenvalue weighted by Crippen LogP contribution is 2.25. The molecule has 22 heavy (non-hydrogen) atoms. The monoisotopic (exact) mass is 297 g/mol. The van der Waals surface area contributed by atoms with E-state index in [1.54, 1.807) is 13.0 Å². The molecular formula is C16H19N5O. The zero-order valence-electron chi connectivity index (χ0n) is 12.5. The predicted octanol–water partition coefficient (Wildman–Crippen LogP) is 1.83. The Bertz CT molecular complexity index is 653. The quantitative estimate of drug-likeness (QED) is 0.899. The molecule has 6 heteroatoms. The second-order valence-electron chi connectivity index (χ2n) is 5.52. The van der Waals surface area contributed by atoms with Crippen LogP contribution >= 0.6 is 0 Å². The average Bonchev–Trinajstić information content (AvgIpc) is 2.86. The number of aromatic nitrogens is 2. The van der Waals surface area contributed by atoms with E-state index in [2.05, 4.69) is 15.3 Å². The Balaban J connectivity index is 1.62. The zero-order chi connectivity index (χ0) is 15.5. The molecule has 0 saturated carbocycles. The van der Waals surface area contributed by atoms with Crippen molar-refractivity contribution in [1.82, 2.24) is 9.97 Å². The van der Waals surface area contributed by atoms with E-state index in [0.29, 0.717) is 30.4 Å². The van der Waals surface area contributed by atoms with Crippen molar-refractivity contribution in [3.8, 4) is 0 Å². The van der Waals surface area contributed by atoms with Crippen LogP contribution in [0.5, 0.6) is 0 Å². The van der Waals surface area contributed by atoms with Crippen molar-refractivity contribution in [1.29, 1.82) is 0 Å². The fourth-order valence-corrected chi connectivity index (χ4v) is 2.71. The molecule has 2 aromatic rings. The summed E-state index contributed by atoms with van der Waals surface area (Å²) in [5, 5.41) is 3.25. The SMILES string of the molecule is Cc1nc(N)cc(NCC2CC(=O)N(c3ccccc3)C2)n1. The minimum atomic E-state index is 0.163. The Morgan fingerprint density at radius 2 is 2.09 bits per heavy atom. The van der Waals surface area contributed by atoms with Gasteiger partial charge >= 0.3 is 0 Å². The fourth-order valence-electron chi connectivity index (χ4n) is 2.71. The third kappa shape index (κ3) is 3.16. The molecule has 1 aromatic heterocycles. The number of benzene rings is 1. The van der Waals surface area contributed by atoms with Crippen LogP contribution in [0.4, 0.5) is 17.3 Å². The lowest BCUT2D eigenvalue weighted by molar-refractivity contribution is -0.117. The maximum Gasteiger partial charge on any atom is 0.227 e. The third-order valence-electron chi connectivity index (χ3n) is 3.70. The lowest BCUT2D eigenvalue weighted by Gasteiger charge is -2.17. The molecule has 1 aromatic carbocycles. The van der Waals surface area contributed by atoms with Gasteiger partial charge in [-0.05, 0) is 19.1 Å². The molecule has 1 aliphatic heterocycles. The van der Waals surface area contributed by atoms with Crippen LogP contribution in [0, 0.1) is 12.8 Å². The summed E-state index contributed by atoms with van der Waals surface area (Å²) in [6.45, 7) is 3.21. The molecule has 1 amide bonds. The summed E-state index contributed by atoms with van der Waals surface area (Å²) < 4.78 is 0. The van der Waals surface area contributed by atoms with Crippen molar-refractivity contribution in [2.45, 2.75) is 13.3 Å². The highest BCUT2D eigenvalue weighted by molar-refractivity contribution is 5.95. The van der Waals surface area contributed by atoms with Crippen LogP contribution in [0.15, 0.2) is 36.4 Å². The first-order chi connectivity index (χ1) is 10.6. The molecule has 0 bridgehead atoms. The summed E-state index contributed by atoms with van der Waals surface area (Å²) in [5.74, 6) is 2.20. The smallest absolute Gasteiger partial charge is 0.227 e. The number of hydrogen-bond donors (Lipinski definition) is 2. The highest BCUT2D eigenvalue weighted by Gasteiger charge is 2.30. The maximum atomic E-state index is 12.2. The van der Waals surface area contributed by atoms with Crippen molar-refractivity contribution < 1.29 is 4.79 Å². The number of carbonyl (C=O) groups excluding carboxylic acids is 1. The Morgan fingerprint density at radius 1 is 1.32 bits per heavy atom. The number of amides is 1. The minimum Gasteiger partial charge on any atom is -0.384 e. The summed E-state index contributed by atoms with van der Waals surface area (Å²) in [5.41, 5.74) is 6.67. The predicted molar refractivity (Wildman–Crippen MR) is 86.6 cm³/mol. The van der Waals surface area contributed by atoms with Gasteiger partial charge in [-0.15, -0.1) is 0 Å². The second kappa shape index (κ2) is 6.01. The summed E-state index contributed by atoms with van der Waals surface area (Å²) in [6, 6.07) is 11.5. The number of rotatable bonds is 4. The number of nitrogens with zero attached hydrogens (tertiary/aromatic N) is 3. The van der Waals surface area contributed by atoms with Crippen molar-refractivity contribution in [3.63, 3.8) is 0 Å². The normalized spacial score (nSPS) is 17.8. The van der Waals surface area contributed by atoms with Crippen LogP contribution in [-0.2, 0) is 4.79 Å². The minimum absolute atomic E-state index is 0.163. The summed E-state index contributed by atoms with van der Waals surface area (Å²) >= 11 is 0. The molecule has 1 fully saturated rings. The topological polar surface area (TPSA) is 84.1 Å². The molecule has 1 atom stereocenters. The van der Waals surface area contributed by atoms with E-state index in [4.69, 9.17) is 5.73 Å². The first kappa shape index (κ1) is 14.3. The molecule has 0 radical (unpaired) electrons. The van der Waals surface area contributed by atoms with E-state index in [-0.39, 0.29) is 11.8 Å². The van der Waals surface area contributed by atoms with Gasteiger partial charge in [-0.3, -0.25) is 4.79 Å². The molecular weight excluding hydrogens is 278 g/mol. The standard InChI is InChI=1S/C16H19N5O/c1-11-19-14(17)8-15(20-11)18-9-12-7-16(22)21(10-12)13-5-3-2-4-6-13/h2-6,8,12H,7,9-10H2,1H3,(H3,17,18,19,20). The number of anilines is 3. The number of nitrogens with one attached hydrogen (secondary N) is 1. The number of para-hydroxylation sites is 1. The van der Waals surface area contributed by atoms with Crippen LogP contribution < -0.4 is 16.0 Å². The molecule has 1 saturated heterocycles. The Labute approximate surface area is 129 Å². The third-order valence-corrected chi connectivity index (χ3v) is 3.70. The fraction of sp³-hybridized carbons (Fsp3) is 0.312. The zero-order valence-corrected chi connectivity index (χ0v) is 12.5. The first-order valence-corrected chi connectivity index (χ1v) is 7.32. The summed E-state index contributed by atoms with van der Waals surface area (Å²) in [7, 11) is 0. The molecule has 1 unspecified atom stereocenters. The number of nitrogen functional groups attached to an aromatic ring is 1. The lowest BCUT2D eigenvalue weighted by Crippen LogP contribution is -2.25. The van der Waals surface area contributed by atoms with E-state index in [1.807, 2.05) is 35.2 Å². The van der Waals surface area contributed by atoms with E-state index in [9.17, 15) is 4.79 Å². The van der Waals surface area contributed by atoms with Gasteiger partial charge in [0.05, 0.1) is 0 Å². The Morgan fingerprint density at radius 3 is 2.82 bits per heavy atom. The second-order valence-corrected chi connectivity index (χ2v) is 5.52. The number of carbonyl (C=O) groups is 1. The van der Waals surface area contributed by atoms with Gasteiger partial charge < -0.3 is 16.0 Å². The number of nitrogens with two attached hydrogens (primary N) is 1. The molecule has 114 valence electrons. The van der Waals surface area contributed by atoms with Crippen LogP contribution in [0.25, 0.3) is 0 Å². The van der Waals surface area contributed by atoms with Gasteiger partial charge in [0, 0.05) is 37.2 Å². The van der Waals surface area contributed by atoms with Gasteiger partial charge in [-0.2, -0.15) is 0 Å². The van der Waals surface area contributed by atoms with Crippen LogP contribution in [0.2, 0.25) is 0 Å². The lowest BCUT2D eigenvalue weighted by atomic mass is 10.1. The number of hydrogen-bond acceptors (Lipinski definition) is 5. The Hall–Kier alpha value is -2.63. The molecule has 6 nitrogen and oxygen atoms in total. The molecule has 0 spiro atoms. The highest BCUT2D eigenvalue weighted by atomic mass is 16.2. The molecule has 3 rings (SSSR count). The first-order valence-electron chi connectivity index (χ1n) is 7.32. The van der Waals surface area contributed by atoms with E-state index in [1.165, 1.54) is 0 Å². The summed E-state index contributed by atoms with van der Waals surface area (Å²) in [4.78, 5) is 22.3. The largest absolute Gasteiger partial charge is 0.384 e. The van der Waals surface area contributed by atoms with Gasteiger partial charge in [0.25, 0.3) is 0 Å². The van der Waals surface area contributed by atoms with E-state index >= 15 is 0 Å².